The Balaban J connectivity index is 2.12. The van der Waals surface area contributed by atoms with E-state index in [0.29, 0.717) is 5.75 Å². The van der Waals surface area contributed by atoms with E-state index in [0.717, 1.165) is 18.4 Å². The zero-order chi connectivity index (χ0) is 16.7. The molecule has 0 fully saturated rings. The fraction of sp³-hybridized carbons (Fsp3) is 0.333. The number of ether oxygens (including phenoxy) is 1. The van der Waals surface area contributed by atoms with Crippen LogP contribution >= 0.6 is 0 Å². The molecule has 0 aliphatic rings. The molecule has 1 N–H and O–H groups in total. The van der Waals surface area contributed by atoms with E-state index in [1.807, 2.05) is 18.2 Å². The minimum absolute atomic E-state index is 0.123. The van der Waals surface area contributed by atoms with Crippen molar-refractivity contribution in [1.29, 1.82) is 0 Å². The van der Waals surface area contributed by atoms with Crippen molar-refractivity contribution in [2.24, 2.45) is 0 Å². The molecule has 0 aliphatic heterocycles. The number of rotatable bonds is 8. The van der Waals surface area contributed by atoms with Gasteiger partial charge in [0, 0.05) is 0 Å². The second-order valence-electron chi connectivity index (χ2n) is 5.48. The predicted molar refractivity (Wildman–Crippen MR) is 90.6 cm³/mol. The maximum atomic E-state index is 11.4. The Hall–Kier alpha value is -1.85. The maximum Gasteiger partial charge on any atom is 0.298 e. The van der Waals surface area contributed by atoms with Crippen molar-refractivity contribution < 1.29 is 17.7 Å². The summed E-state index contributed by atoms with van der Waals surface area (Å²) in [5, 5.41) is 0. The molecule has 23 heavy (non-hydrogen) atoms. The highest BCUT2D eigenvalue weighted by Crippen LogP contribution is 2.29. The monoisotopic (exact) mass is 334 g/mol. The largest absolute Gasteiger partial charge is 0.456 e. The second kappa shape index (κ2) is 8.13. The Bertz CT molecular complexity index is 738. The Morgan fingerprint density at radius 3 is 2.52 bits per heavy atom. The van der Waals surface area contributed by atoms with Crippen LogP contribution in [0.3, 0.4) is 0 Å². The average molecular weight is 334 g/mol. The Labute approximate surface area is 137 Å². The molecule has 2 aromatic rings. The van der Waals surface area contributed by atoms with E-state index in [2.05, 4.69) is 6.92 Å². The van der Waals surface area contributed by atoms with Gasteiger partial charge >= 0.3 is 0 Å². The van der Waals surface area contributed by atoms with E-state index in [9.17, 15) is 13.0 Å². The molecule has 2 rings (SSSR count). The van der Waals surface area contributed by atoms with Crippen LogP contribution in [0.5, 0.6) is 11.5 Å². The first-order valence-corrected chi connectivity index (χ1v) is 9.28. The van der Waals surface area contributed by atoms with E-state index in [4.69, 9.17) is 4.74 Å². The van der Waals surface area contributed by atoms with E-state index in [1.165, 1.54) is 31.4 Å². The molecule has 0 aromatic heterocycles. The normalized spacial score (nSPS) is 11.4. The molecule has 0 bridgehead atoms. The summed E-state index contributed by atoms with van der Waals surface area (Å²) in [6.07, 6.45) is 5.73. The van der Waals surface area contributed by atoms with E-state index in [1.54, 1.807) is 18.2 Å². The molecule has 0 saturated heterocycles. The van der Waals surface area contributed by atoms with Crippen LogP contribution in [0.25, 0.3) is 0 Å². The van der Waals surface area contributed by atoms with Gasteiger partial charge in [-0.2, -0.15) is 8.42 Å². The van der Waals surface area contributed by atoms with Gasteiger partial charge in [-0.1, -0.05) is 50.5 Å². The number of unbranched alkanes of at least 4 members (excludes halogenated alkanes) is 3. The molecular weight excluding hydrogens is 312 g/mol. The molecule has 0 spiro atoms. The summed E-state index contributed by atoms with van der Waals surface area (Å²) in [6.45, 7) is 2.18. The molecule has 0 unspecified atom stereocenters. The third-order valence-corrected chi connectivity index (χ3v) is 4.47. The van der Waals surface area contributed by atoms with Crippen molar-refractivity contribution in [1.82, 2.24) is 0 Å². The SMILES string of the molecule is CCCCCCc1cccc(Oc2ccccc2S(=O)(=O)O)c1. The van der Waals surface area contributed by atoms with Gasteiger partial charge in [0.2, 0.25) is 0 Å². The van der Waals surface area contributed by atoms with Crippen molar-refractivity contribution in [3.8, 4) is 11.5 Å². The zero-order valence-corrected chi connectivity index (χ0v) is 14.1. The van der Waals surface area contributed by atoms with Crippen LogP contribution < -0.4 is 4.74 Å². The van der Waals surface area contributed by atoms with Crippen LogP contribution in [0.2, 0.25) is 0 Å². The molecule has 124 valence electrons. The third-order valence-electron chi connectivity index (χ3n) is 3.57. The number of hydrogen-bond acceptors (Lipinski definition) is 3. The number of para-hydroxylation sites is 1. The van der Waals surface area contributed by atoms with Gasteiger partial charge in [0.1, 0.15) is 16.4 Å². The lowest BCUT2D eigenvalue weighted by Crippen LogP contribution is -2.00. The summed E-state index contributed by atoms with van der Waals surface area (Å²) in [5.74, 6) is 0.687. The molecule has 0 saturated carbocycles. The molecule has 2 aromatic carbocycles. The Morgan fingerprint density at radius 1 is 1.00 bits per heavy atom. The van der Waals surface area contributed by atoms with Gasteiger partial charge in [0.15, 0.2) is 0 Å². The molecule has 0 amide bonds. The minimum atomic E-state index is -4.31. The van der Waals surface area contributed by atoms with Crippen LogP contribution in [-0.4, -0.2) is 13.0 Å². The van der Waals surface area contributed by atoms with Crippen molar-refractivity contribution in [3.05, 3.63) is 54.1 Å². The van der Waals surface area contributed by atoms with Crippen molar-refractivity contribution in [3.63, 3.8) is 0 Å². The number of benzene rings is 2. The molecule has 0 radical (unpaired) electrons. The van der Waals surface area contributed by atoms with Gasteiger partial charge in [-0.3, -0.25) is 4.55 Å². The number of aryl methyl sites for hydroxylation is 1. The van der Waals surface area contributed by atoms with Crippen LogP contribution in [0, 0.1) is 0 Å². The van der Waals surface area contributed by atoms with Crippen molar-refractivity contribution >= 4 is 10.1 Å². The fourth-order valence-electron chi connectivity index (χ4n) is 2.39. The fourth-order valence-corrected chi connectivity index (χ4v) is 3.01. The lowest BCUT2D eigenvalue weighted by Gasteiger charge is -2.10. The summed E-state index contributed by atoms with van der Waals surface area (Å²) in [4.78, 5) is -0.228. The number of hydrogen-bond donors (Lipinski definition) is 1. The third kappa shape index (κ3) is 5.37. The van der Waals surface area contributed by atoms with Crippen LogP contribution in [0.4, 0.5) is 0 Å². The molecule has 0 atom stereocenters. The first-order valence-electron chi connectivity index (χ1n) is 7.84. The van der Waals surface area contributed by atoms with Gasteiger partial charge in [-0.25, -0.2) is 0 Å². The minimum Gasteiger partial charge on any atom is -0.456 e. The topological polar surface area (TPSA) is 63.6 Å². The highest BCUT2D eigenvalue weighted by Gasteiger charge is 2.16. The Morgan fingerprint density at radius 2 is 1.78 bits per heavy atom. The van der Waals surface area contributed by atoms with E-state index in [-0.39, 0.29) is 10.6 Å². The Kier molecular flexibility index (Phi) is 6.19. The zero-order valence-electron chi connectivity index (χ0n) is 13.2. The van der Waals surface area contributed by atoms with Gasteiger partial charge in [0.05, 0.1) is 0 Å². The lowest BCUT2D eigenvalue weighted by atomic mass is 10.1. The van der Waals surface area contributed by atoms with Gasteiger partial charge in [-0.15, -0.1) is 0 Å². The standard InChI is InChI=1S/C18H22O4S/c1-2-3-4-5-9-15-10-8-11-16(14-15)22-17-12-6-7-13-18(17)23(19,20)21/h6-8,10-14H,2-5,9H2,1H3,(H,19,20,21). The van der Waals surface area contributed by atoms with Crippen LogP contribution in [-0.2, 0) is 16.5 Å². The lowest BCUT2D eigenvalue weighted by molar-refractivity contribution is 0.449. The van der Waals surface area contributed by atoms with E-state index >= 15 is 0 Å². The van der Waals surface area contributed by atoms with Gasteiger partial charge < -0.3 is 4.74 Å². The quantitative estimate of drug-likeness (QED) is 0.554. The highest BCUT2D eigenvalue weighted by molar-refractivity contribution is 7.86. The maximum absolute atomic E-state index is 11.4. The van der Waals surface area contributed by atoms with Crippen LogP contribution in [0.1, 0.15) is 38.2 Å². The van der Waals surface area contributed by atoms with Crippen molar-refractivity contribution in [2.75, 3.05) is 0 Å². The summed E-state index contributed by atoms with van der Waals surface area (Å²) >= 11 is 0. The smallest absolute Gasteiger partial charge is 0.298 e. The summed E-state index contributed by atoms with van der Waals surface area (Å²) in [5.41, 5.74) is 1.16. The van der Waals surface area contributed by atoms with Gasteiger partial charge in [-0.05, 0) is 42.7 Å². The highest BCUT2D eigenvalue weighted by atomic mass is 32.2. The molecule has 0 aliphatic carbocycles. The molecule has 5 heteroatoms. The average Bonchev–Trinajstić information content (AvgIpc) is 2.51. The first kappa shape index (κ1) is 17.5. The first-order chi connectivity index (χ1) is 11.0. The van der Waals surface area contributed by atoms with Crippen molar-refractivity contribution in [2.45, 2.75) is 43.9 Å². The predicted octanol–water partition coefficient (Wildman–Crippen LogP) is 4.85. The van der Waals surface area contributed by atoms with Crippen LogP contribution in [0.15, 0.2) is 53.4 Å². The summed E-state index contributed by atoms with van der Waals surface area (Å²) in [6, 6.07) is 13.7. The molecule has 4 nitrogen and oxygen atoms in total. The molecular formula is C18H22O4S. The molecule has 0 heterocycles. The van der Waals surface area contributed by atoms with Gasteiger partial charge in [0.25, 0.3) is 10.1 Å². The summed E-state index contributed by atoms with van der Waals surface area (Å²) < 4.78 is 37.7. The second-order valence-corrected chi connectivity index (χ2v) is 6.87. The summed E-state index contributed by atoms with van der Waals surface area (Å²) in [7, 11) is -4.31. The van der Waals surface area contributed by atoms with E-state index < -0.39 is 10.1 Å².